The summed E-state index contributed by atoms with van der Waals surface area (Å²) in [5, 5.41) is 0. The highest BCUT2D eigenvalue weighted by molar-refractivity contribution is 5.94. The lowest BCUT2D eigenvalue weighted by atomic mass is 10.1. The molecular formula is C18H21N3O. The number of nitrogens with zero attached hydrogens (tertiary/aromatic N) is 2. The van der Waals surface area contributed by atoms with Crippen LogP contribution in [0, 0.1) is 6.92 Å². The Hall–Kier alpha value is -2.49. The predicted molar refractivity (Wildman–Crippen MR) is 90.1 cm³/mol. The molecule has 0 bridgehead atoms. The summed E-state index contributed by atoms with van der Waals surface area (Å²) >= 11 is 0. The zero-order chi connectivity index (χ0) is 15.5. The fourth-order valence-corrected chi connectivity index (χ4v) is 2.80. The Bertz CT molecular complexity index is 658. The van der Waals surface area contributed by atoms with Gasteiger partial charge in [-0.1, -0.05) is 29.8 Å². The highest BCUT2D eigenvalue weighted by atomic mass is 16.2. The maximum Gasteiger partial charge on any atom is 0.253 e. The van der Waals surface area contributed by atoms with E-state index in [-0.39, 0.29) is 5.91 Å². The van der Waals surface area contributed by atoms with Gasteiger partial charge in [0.2, 0.25) is 0 Å². The first-order valence-corrected chi connectivity index (χ1v) is 7.60. The van der Waals surface area contributed by atoms with Crippen molar-refractivity contribution in [3.63, 3.8) is 0 Å². The maximum atomic E-state index is 12.5. The van der Waals surface area contributed by atoms with Crippen LogP contribution in [0.15, 0.2) is 48.5 Å². The lowest BCUT2D eigenvalue weighted by Crippen LogP contribution is -2.49. The number of carbonyl (C=O) groups excluding carboxylic acids is 1. The van der Waals surface area contributed by atoms with Gasteiger partial charge >= 0.3 is 0 Å². The summed E-state index contributed by atoms with van der Waals surface area (Å²) in [7, 11) is 0. The second kappa shape index (κ2) is 6.10. The van der Waals surface area contributed by atoms with Gasteiger partial charge in [0.1, 0.15) is 0 Å². The Morgan fingerprint density at radius 1 is 0.955 bits per heavy atom. The van der Waals surface area contributed by atoms with Crippen molar-refractivity contribution in [3.8, 4) is 0 Å². The summed E-state index contributed by atoms with van der Waals surface area (Å²) in [6.07, 6.45) is 0. The van der Waals surface area contributed by atoms with E-state index in [4.69, 9.17) is 5.73 Å². The Balaban J connectivity index is 1.65. The average Bonchev–Trinajstić information content (AvgIpc) is 2.56. The number of carbonyl (C=O) groups is 1. The molecule has 2 N–H and O–H groups in total. The summed E-state index contributed by atoms with van der Waals surface area (Å²) < 4.78 is 0. The van der Waals surface area contributed by atoms with Gasteiger partial charge < -0.3 is 15.5 Å². The molecule has 2 aromatic rings. The number of para-hydroxylation sites is 2. The van der Waals surface area contributed by atoms with Crippen LogP contribution < -0.4 is 10.6 Å². The molecule has 1 amide bonds. The second-order valence-corrected chi connectivity index (χ2v) is 5.70. The topological polar surface area (TPSA) is 49.6 Å². The number of hydrogen-bond donors (Lipinski definition) is 1. The molecule has 4 heteroatoms. The summed E-state index contributed by atoms with van der Waals surface area (Å²) in [5.74, 6) is 0.112. The average molecular weight is 295 g/mol. The summed E-state index contributed by atoms with van der Waals surface area (Å²) in [6.45, 7) is 5.09. The molecule has 114 valence electrons. The standard InChI is InChI=1S/C18H21N3O/c1-14-6-8-15(9-7-14)18(22)21-12-10-20(11-13-21)17-5-3-2-4-16(17)19/h2-9H,10-13,19H2,1H3. The van der Waals surface area contributed by atoms with E-state index in [1.165, 1.54) is 5.56 Å². The molecule has 0 unspecified atom stereocenters. The van der Waals surface area contributed by atoms with Crippen LogP contribution in [0.2, 0.25) is 0 Å². The summed E-state index contributed by atoms with van der Waals surface area (Å²) in [6, 6.07) is 15.7. The Labute approximate surface area is 131 Å². The van der Waals surface area contributed by atoms with Crippen molar-refractivity contribution in [2.75, 3.05) is 36.8 Å². The maximum absolute atomic E-state index is 12.5. The molecule has 1 heterocycles. The van der Waals surface area contributed by atoms with Gasteiger partial charge in [0, 0.05) is 31.7 Å². The van der Waals surface area contributed by atoms with Crippen LogP contribution in [-0.2, 0) is 0 Å². The van der Waals surface area contributed by atoms with E-state index in [9.17, 15) is 4.79 Å². The van der Waals surface area contributed by atoms with Gasteiger partial charge in [-0.05, 0) is 31.2 Å². The highest BCUT2D eigenvalue weighted by Crippen LogP contribution is 2.23. The van der Waals surface area contributed by atoms with E-state index >= 15 is 0 Å². The van der Waals surface area contributed by atoms with Crippen molar-refractivity contribution in [2.45, 2.75) is 6.92 Å². The van der Waals surface area contributed by atoms with Crippen molar-refractivity contribution in [1.82, 2.24) is 4.90 Å². The van der Waals surface area contributed by atoms with Gasteiger partial charge in [-0.25, -0.2) is 0 Å². The quantitative estimate of drug-likeness (QED) is 0.866. The number of rotatable bonds is 2. The number of anilines is 2. The minimum absolute atomic E-state index is 0.112. The molecule has 3 rings (SSSR count). The van der Waals surface area contributed by atoms with Crippen LogP contribution in [0.25, 0.3) is 0 Å². The molecule has 0 atom stereocenters. The van der Waals surface area contributed by atoms with Crippen molar-refractivity contribution in [2.24, 2.45) is 0 Å². The van der Waals surface area contributed by atoms with E-state index < -0.39 is 0 Å². The molecule has 0 saturated carbocycles. The first-order chi connectivity index (χ1) is 10.6. The minimum atomic E-state index is 0.112. The zero-order valence-corrected chi connectivity index (χ0v) is 12.8. The van der Waals surface area contributed by atoms with Crippen LogP contribution in [-0.4, -0.2) is 37.0 Å². The lowest BCUT2D eigenvalue weighted by molar-refractivity contribution is 0.0747. The molecule has 0 aromatic heterocycles. The molecular weight excluding hydrogens is 274 g/mol. The first kappa shape index (κ1) is 14.4. The van der Waals surface area contributed by atoms with Crippen LogP contribution in [0.3, 0.4) is 0 Å². The van der Waals surface area contributed by atoms with Gasteiger partial charge in [0.25, 0.3) is 5.91 Å². The molecule has 22 heavy (non-hydrogen) atoms. The third-order valence-electron chi connectivity index (χ3n) is 4.14. The molecule has 0 spiro atoms. The first-order valence-electron chi connectivity index (χ1n) is 7.60. The molecule has 0 aliphatic carbocycles. The third-order valence-corrected chi connectivity index (χ3v) is 4.14. The molecule has 1 fully saturated rings. The second-order valence-electron chi connectivity index (χ2n) is 5.70. The van der Waals surface area contributed by atoms with Crippen molar-refractivity contribution >= 4 is 17.3 Å². The lowest BCUT2D eigenvalue weighted by Gasteiger charge is -2.36. The SMILES string of the molecule is Cc1ccc(C(=O)N2CCN(c3ccccc3N)CC2)cc1. The number of aryl methyl sites for hydroxylation is 1. The fraction of sp³-hybridized carbons (Fsp3) is 0.278. The number of nitrogen functional groups attached to an aromatic ring is 1. The zero-order valence-electron chi connectivity index (χ0n) is 12.8. The van der Waals surface area contributed by atoms with Gasteiger partial charge in [0.15, 0.2) is 0 Å². The summed E-state index contributed by atoms with van der Waals surface area (Å²) in [4.78, 5) is 16.7. The molecule has 1 aliphatic rings. The Morgan fingerprint density at radius 2 is 1.59 bits per heavy atom. The van der Waals surface area contributed by atoms with Crippen LogP contribution in [0.5, 0.6) is 0 Å². The predicted octanol–water partition coefficient (Wildman–Crippen LogP) is 2.54. The molecule has 1 aliphatic heterocycles. The number of amides is 1. The monoisotopic (exact) mass is 295 g/mol. The normalized spacial score (nSPS) is 15.0. The van der Waals surface area contributed by atoms with E-state index in [0.717, 1.165) is 43.1 Å². The molecule has 2 aromatic carbocycles. The Morgan fingerprint density at radius 3 is 2.23 bits per heavy atom. The van der Waals surface area contributed by atoms with Crippen LogP contribution >= 0.6 is 0 Å². The van der Waals surface area contributed by atoms with Gasteiger partial charge in [-0.15, -0.1) is 0 Å². The molecule has 4 nitrogen and oxygen atoms in total. The minimum Gasteiger partial charge on any atom is -0.397 e. The fourth-order valence-electron chi connectivity index (χ4n) is 2.80. The van der Waals surface area contributed by atoms with Crippen molar-refractivity contribution in [1.29, 1.82) is 0 Å². The Kier molecular flexibility index (Phi) is 4.00. The van der Waals surface area contributed by atoms with Crippen LogP contribution in [0.4, 0.5) is 11.4 Å². The molecule has 0 radical (unpaired) electrons. The third kappa shape index (κ3) is 2.91. The smallest absolute Gasteiger partial charge is 0.253 e. The van der Waals surface area contributed by atoms with Crippen molar-refractivity contribution < 1.29 is 4.79 Å². The largest absolute Gasteiger partial charge is 0.397 e. The van der Waals surface area contributed by atoms with Gasteiger partial charge in [0.05, 0.1) is 11.4 Å². The van der Waals surface area contributed by atoms with Gasteiger partial charge in [-0.2, -0.15) is 0 Å². The van der Waals surface area contributed by atoms with E-state index in [0.29, 0.717) is 0 Å². The number of piperazine rings is 1. The number of benzene rings is 2. The van der Waals surface area contributed by atoms with Gasteiger partial charge in [-0.3, -0.25) is 4.79 Å². The summed E-state index contributed by atoms with van der Waals surface area (Å²) in [5.41, 5.74) is 9.81. The molecule has 1 saturated heterocycles. The van der Waals surface area contributed by atoms with E-state index in [1.807, 2.05) is 60.4 Å². The number of nitrogens with two attached hydrogens (primary N) is 1. The van der Waals surface area contributed by atoms with E-state index in [1.54, 1.807) is 0 Å². The van der Waals surface area contributed by atoms with Crippen LogP contribution in [0.1, 0.15) is 15.9 Å². The van der Waals surface area contributed by atoms with E-state index in [2.05, 4.69) is 4.90 Å². The number of hydrogen-bond acceptors (Lipinski definition) is 3. The highest BCUT2D eigenvalue weighted by Gasteiger charge is 2.22. The van der Waals surface area contributed by atoms with Crippen molar-refractivity contribution in [3.05, 3.63) is 59.7 Å².